The van der Waals surface area contributed by atoms with Crippen molar-refractivity contribution < 1.29 is 0 Å². The number of hydrogen-bond donors (Lipinski definition) is 2. The van der Waals surface area contributed by atoms with Crippen molar-refractivity contribution in [3.05, 3.63) is 57.5 Å². The van der Waals surface area contributed by atoms with E-state index in [0.717, 1.165) is 52.1 Å². The van der Waals surface area contributed by atoms with Gasteiger partial charge >= 0.3 is 0 Å². The molecule has 0 aliphatic rings. The Morgan fingerprint density at radius 1 is 1.09 bits per heavy atom. The average molecular weight is 378 g/mol. The molecule has 2 nitrogen and oxygen atoms in total. The highest BCUT2D eigenvalue weighted by Crippen LogP contribution is 2.36. The number of rotatable bonds is 5. The van der Waals surface area contributed by atoms with Gasteiger partial charge in [0.1, 0.15) is 0 Å². The number of para-hydroxylation sites is 1. The number of aryl methyl sites for hydroxylation is 1. The zero-order chi connectivity index (χ0) is 15.5. The zero-order valence-corrected chi connectivity index (χ0v) is 14.5. The van der Waals surface area contributed by atoms with Crippen LogP contribution in [0.25, 0.3) is 22.2 Å². The summed E-state index contributed by atoms with van der Waals surface area (Å²) < 4.78 is 1.03. The molecular formula is C18H18BrClN2. The van der Waals surface area contributed by atoms with Crippen molar-refractivity contribution in [3.8, 4) is 11.3 Å². The highest BCUT2D eigenvalue weighted by Gasteiger charge is 2.15. The van der Waals surface area contributed by atoms with Gasteiger partial charge in [0.25, 0.3) is 0 Å². The third-order valence-corrected chi connectivity index (χ3v) is 4.72. The molecule has 0 atom stereocenters. The topological polar surface area (TPSA) is 41.8 Å². The first-order valence-corrected chi connectivity index (χ1v) is 8.63. The standard InChI is InChI=1S/C18H18BrClN2/c19-12-8-9-16(20)15(11-12)18-14(6-3-4-10-21)13-5-1-2-7-17(13)22-18/h1-2,5,7-9,11,22H,3-4,6,10,21H2. The number of fused-ring (bicyclic) bond motifs is 1. The molecule has 0 aliphatic carbocycles. The van der Waals surface area contributed by atoms with Gasteiger partial charge in [-0.15, -0.1) is 0 Å². The van der Waals surface area contributed by atoms with Crippen LogP contribution in [0, 0.1) is 0 Å². The Balaban J connectivity index is 2.15. The van der Waals surface area contributed by atoms with E-state index in [1.807, 2.05) is 12.1 Å². The van der Waals surface area contributed by atoms with Crippen LogP contribution in [0.3, 0.4) is 0 Å². The van der Waals surface area contributed by atoms with Gasteiger partial charge in [-0.05, 0) is 55.6 Å². The molecule has 0 fully saturated rings. The summed E-state index contributed by atoms with van der Waals surface area (Å²) in [4.78, 5) is 3.54. The SMILES string of the molecule is NCCCCc1c(-c2cc(Br)ccc2Cl)[nH]c2ccccc12. The van der Waals surface area contributed by atoms with E-state index in [0.29, 0.717) is 0 Å². The molecule has 1 heterocycles. The van der Waals surface area contributed by atoms with Crippen molar-refractivity contribution in [2.45, 2.75) is 19.3 Å². The monoisotopic (exact) mass is 376 g/mol. The second kappa shape index (κ2) is 6.86. The number of aromatic nitrogens is 1. The number of hydrogen-bond acceptors (Lipinski definition) is 1. The van der Waals surface area contributed by atoms with Gasteiger partial charge in [0.2, 0.25) is 0 Å². The van der Waals surface area contributed by atoms with E-state index in [1.54, 1.807) is 0 Å². The Morgan fingerprint density at radius 2 is 1.91 bits per heavy atom. The molecule has 4 heteroatoms. The molecule has 0 bridgehead atoms. The predicted octanol–water partition coefficient (Wildman–Crippen LogP) is 5.53. The Morgan fingerprint density at radius 3 is 2.73 bits per heavy atom. The van der Waals surface area contributed by atoms with Crippen molar-refractivity contribution in [1.29, 1.82) is 0 Å². The van der Waals surface area contributed by atoms with E-state index in [9.17, 15) is 0 Å². The molecule has 0 saturated heterocycles. The molecule has 114 valence electrons. The fraction of sp³-hybridized carbons (Fsp3) is 0.222. The number of H-pyrrole nitrogens is 1. The van der Waals surface area contributed by atoms with Crippen LogP contribution in [0.5, 0.6) is 0 Å². The van der Waals surface area contributed by atoms with E-state index in [-0.39, 0.29) is 0 Å². The Bertz CT molecular complexity index is 795. The van der Waals surface area contributed by atoms with Gasteiger partial charge in [-0.1, -0.05) is 45.7 Å². The fourth-order valence-electron chi connectivity index (χ4n) is 2.82. The normalized spacial score (nSPS) is 11.2. The fourth-order valence-corrected chi connectivity index (χ4v) is 3.40. The summed E-state index contributed by atoms with van der Waals surface area (Å²) in [6.07, 6.45) is 3.11. The lowest BCUT2D eigenvalue weighted by Gasteiger charge is -2.08. The molecule has 0 saturated carbocycles. The number of unbranched alkanes of at least 4 members (excludes halogenated alkanes) is 1. The van der Waals surface area contributed by atoms with E-state index in [4.69, 9.17) is 17.3 Å². The zero-order valence-electron chi connectivity index (χ0n) is 12.2. The van der Waals surface area contributed by atoms with Crippen LogP contribution >= 0.6 is 27.5 Å². The van der Waals surface area contributed by atoms with Gasteiger partial charge < -0.3 is 10.7 Å². The Kier molecular flexibility index (Phi) is 4.87. The molecule has 22 heavy (non-hydrogen) atoms. The Labute approximate surface area is 143 Å². The summed E-state index contributed by atoms with van der Waals surface area (Å²) in [5, 5.41) is 2.03. The molecule has 0 spiro atoms. The third-order valence-electron chi connectivity index (χ3n) is 3.89. The molecule has 0 radical (unpaired) electrons. The minimum absolute atomic E-state index is 0.731. The largest absolute Gasteiger partial charge is 0.354 e. The van der Waals surface area contributed by atoms with E-state index >= 15 is 0 Å². The lowest BCUT2D eigenvalue weighted by atomic mass is 10.0. The van der Waals surface area contributed by atoms with Crippen LogP contribution < -0.4 is 5.73 Å². The Hall–Kier alpha value is -1.29. The highest BCUT2D eigenvalue weighted by atomic mass is 79.9. The van der Waals surface area contributed by atoms with E-state index in [2.05, 4.69) is 51.2 Å². The maximum atomic E-state index is 6.43. The van der Waals surface area contributed by atoms with Crippen LogP contribution in [0.1, 0.15) is 18.4 Å². The molecule has 2 aromatic carbocycles. The number of benzene rings is 2. The second-order valence-electron chi connectivity index (χ2n) is 5.39. The lowest BCUT2D eigenvalue weighted by Crippen LogP contribution is -1.99. The quantitative estimate of drug-likeness (QED) is 0.564. The van der Waals surface area contributed by atoms with Gasteiger partial charge in [-0.25, -0.2) is 0 Å². The van der Waals surface area contributed by atoms with Crippen LogP contribution in [-0.4, -0.2) is 11.5 Å². The lowest BCUT2D eigenvalue weighted by molar-refractivity contribution is 0.748. The molecule has 1 aromatic heterocycles. The number of halogens is 2. The minimum atomic E-state index is 0.731. The molecule has 0 aliphatic heterocycles. The second-order valence-corrected chi connectivity index (χ2v) is 6.72. The maximum absolute atomic E-state index is 6.43. The maximum Gasteiger partial charge on any atom is 0.0512 e. The van der Waals surface area contributed by atoms with Crippen LogP contribution in [-0.2, 0) is 6.42 Å². The van der Waals surface area contributed by atoms with Crippen molar-refractivity contribution >= 4 is 38.4 Å². The minimum Gasteiger partial charge on any atom is -0.354 e. The molecule has 3 N–H and O–H groups in total. The van der Waals surface area contributed by atoms with E-state index < -0.39 is 0 Å². The van der Waals surface area contributed by atoms with Gasteiger partial charge in [0.05, 0.1) is 5.69 Å². The predicted molar refractivity (Wildman–Crippen MR) is 98.4 cm³/mol. The first-order chi connectivity index (χ1) is 10.7. The van der Waals surface area contributed by atoms with Crippen molar-refractivity contribution in [2.75, 3.05) is 6.54 Å². The van der Waals surface area contributed by atoms with Crippen LogP contribution in [0.2, 0.25) is 5.02 Å². The summed E-state index contributed by atoms with van der Waals surface area (Å²) in [6.45, 7) is 0.731. The van der Waals surface area contributed by atoms with Crippen LogP contribution in [0.15, 0.2) is 46.9 Å². The summed E-state index contributed by atoms with van der Waals surface area (Å²) >= 11 is 9.97. The average Bonchev–Trinajstić information content (AvgIpc) is 2.89. The molecule has 0 amide bonds. The van der Waals surface area contributed by atoms with Crippen molar-refractivity contribution in [2.24, 2.45) is 5.73 Å². The number of nitrogens with two attached hydrogens (primary N) is 1. The molecule has 3 aromatic rings. The first kappa shape index (κ1) is 15.6. The number of nitrogens with one attached hydrogen (secondary N) is 1. The summed E-state index contributed by atoms with van der Waals surface area (Å²) in [7, 11) is 0. The first-order valence-electron chi connectivity index (χ1n) is 7.46. The number of aromatic amines is 1. The van der Waals surface area contributed by atoms with Gasteiger partial charge in [0.15, 0.2) is 0 Å². The summed E-state index contributed by atoms with van der Waals surface area (Å²) in [5.74, 6) is 0. The summed E-state index contributed by atoms with van der Waals surface area (Å²) in [5.41, 5.74) is 10.3. The smallest absolute Gasteiger partial charge is 0.0512 e. The molecule has 3 rings (SSSR count). The van der Waals surface area contributed by atoms with Gasteiger partial charge in [0, 0.05) is 26.0 Å². The molecular weight excluding hydrogens is 360 g/mol. The van der Waals surface area contributed by atoms with Crippen LogP contribution in [0.4, 0.5) is 0 Å². The van der Waals surface area contributed by atoms with Gasteiger partial charge in [-0.2, -0.15) is 0 Å². The van der Waals surface area contributed by atoms with E-state index in [1.165, 1.54) is 10.9 Å². The van der Waals surface area contributed by atoms with Crippen molar-refractivity contribution in [3.63, 3.8) is 0 Å². The summed E-state index contributed by atoms with van der Waals surface area (Å²) in [6, 6.07) is 14.4. The van der Waals surface area contributed by atoms with Crippen molar-refractivity contribution in [1.82, 2.24) is 4.98 Å². The molecule has 0 unspecified atom stereocenters. The van der Waals surface area contributed by atoms with Gasteiger partial charge in [-0.3, -0.25) is 0 Å². The highest BCUT2D eigenvalue weighted by molar-refractivity contribution is 9.10. The third kappa shape index (κ3) is 3.07.